The molecule has 0 heterocycles. The highest BCUT2D eigenvalue weighted by Crippen LogP contribution is 1.94. The van der Waals surface area contributed by atoms with Crippen molar-refractivity contribution >= 4 is 5.97 Å². The molecule has 0 rings (SSSR count). The maximum absolute atomic E-state index is 11.1. The minimum absolute atomic E-state index is 0.0230. The lowest BCUT2D eigenvalue weighted by molar-refractivity contribution is -0.163. The first-order valence-corrected chi connectivity index (χ1v) is 3.81. The molecule has 0 aromatic carbocycles. The maximum atomic E-state index is 11.1. The molecule has 3 N–H and O–H groups in total. The zero-order chi connectivity index (χ0) is 10.3. The van der Waals surface area contributed by atoms with Gasteiger partial charge in [-0.2, -0.15) is 0 Å². The number of hydrogen-bond acceptors (Lipinski definition) is 6. The van der Waals surface area contributed by atoms with Crippen LogP contribution in [0.25, 0.3) is 0 Å². The van der Waals surface area contributed by atoms with Crippen molar-refractivity contribution in [2.24, 2.45) is 5.90 Å². The van der Waals surface area contributed by atoms with Gasteiger partial charge in [0.25, 0.3) is 0 Å². The molecule has 6 nitrogen and oxygen atoms in total. The Bertz CT molecular complexity index is 150. The summed E-state index contributed by atoms with van der Waals surface area (Å²) in [7, 11) is 1.41. The topological polar surface area (TPSA) is 91.0 Å². The number of hydrogen-bond donors (Lipinski definition) is 2. The number of ether oxygens (including phenoxy) is 2. The molecule has 0 saturated heterocycles. The largest absolute Gasteiger partial charge is 0.461 e. The highest BCUT2D eigenvalue weighted by atomic mass is 16.7. The van der Waals surface area contributed by atoms with Gasteiger partial charge < -0.3 is 14.6 Å². The van der Waals surface area contributed by atoms with Gasteiger partial charge in [-0.3, -0.25) is 4.84 Å². The summed E-state index contributed by atoms with van der Waals surface area (Å²) >= 11 is 0. The van der Waals surface area contributed by atoms with Gasteiger partial charge >= 0.3 is 5.97 Å². The summed E-state index contributed by atoms with van der Waals surface area (Å²) in [6.07, 6.45) is -1.64. The van der Waals surface area contributed by atoms with Gasteiger partial charge in [0.2, 0.25) is 0 Å². The maximum Gasteiger partial charge on any atom is 0.339 e. The molecular weight excluding hydrogens is 178 g/mol. The molecule has 2 atom stereocenters. The second-order valence-electron chi connectivity index (χ2n) is 2.56. The zero-order valence-electron chi connectivity index (χ0n) is 7.73. The average molecular weight is 193 g/mol. The van der Waals surface area contributed by atoms with Crippen molar-refractivity contribution in [3.8, 4) is 0 Å². The predicted octanol–water partition coefficient (Wildman–Crippen LogP) is -1.18. The van der Waals surface area contributed by atoms with Crippen molar-refractivity contribution in [1.29, 1.82) is 0 Å². The van der Waals surface area contributed by atoms with Crippen molar-refractivity contribution < 1.29 is 24.2 Å². The molecule has 0 aliphatic heterocycles. The summed E-state index contributed by atoms with van der Waals surface area (Å²) in [5.74, 6) is 4.17. The quantitative estimate of drug-likeness (QED) is 0.407. The molecule has 0 aliphatic carbocycles. The third-order valence-corrected chi connectivity index (χ3v) is 1.21. The molecule has 0 spiro atoms. The van der Waals surface area contributed by atoms with E-state index >= 15 is 0 Å². The van der Waals surface area contributed by atoms with Gasteiger partial charge in [-0.25, -0.2) is 10.7 Å². The third kappa shape index (κ3) is 5.53. The summed E-state index contributed by atoms with van der Waals surface area (Å²) in [6, 6.07) is 0. The lowest BCUT2D eigenvalue weighted by Gasteiger charge is -2.13. The van der Waals surface area contributed by atoms with E-state index in [1.807, 2.05) is 0 Å². The third-order valence-electron chi connectivity index (χ3n) is 1.21. The lowest BCUT2D eigenvalue weighted by Crippen LogP contribution is -2.34. The molecule has 0 amide bonds. The van der Waals surface area contributed by atoms with Gasteiger partial charge in [0, 0.05) is 7.11 Å². The van der Waals surface area contributed by atoms with E-state index in [-0.39, 0.29) is 13.2 Å². The number of rotatable bonds is 6. The Morgan fingerprint density at radius 1 is 1.54 bits per heavy atom. The number of carbonyl (C=O) groups is 1. The lowest BCUT2D eigenvalue weighted by atomic mass is 10.4. The highest BCUT2D eigenvalue weighted by Gasteiger charge is 2.20. The van der Waals surface area contributed by atoms with Crippen molar-refractivity contribution in [2.45, 2.75) is 19.1 Å². The number of nitrogens with two attached hydrogens (primary N) is 1. The molecule has 0 aliphatic rings. The standard InChI is InChI=1S/C7H15NO5/c1-5(9)3-12-7(10)6(13-8)4-11-2/h5-6,9H,3-4,8H2,1-2H3/t5-,6-/m0/s1. The first kappa shape index (κ1) is 12.3. The summed E-state index contributed by atoms with van der Waals surface area (Å²) in [4.78, 5) is 15.4. The number of aliphatic hydroxyl groups is 1. The average Bonchev–Trinajstić information content (AvgIpc) is 2.10. The van der Waals surface area contributed by atoms with E-state index < -0.39 is 18.2 Å². The minimum atomic E-state index is -0.941. The number of esters is 1. The molecule has 0 saturated carbocycles. The van der Waals surface area contributed by atoms with E-state index in [0.29, 0.717) is 0 Å². The normalized spacial score (nSPS) is 15.1. The van der Waals surface area contributed by atoms with Gasteiger partial charge in [-0.1, -0.05) is 0 Å². The summed E-state index contributed by atoms with van der Waals surface area (Å²) in [6.45, 7) is 1.44. The Kier molecular flexibility index (Phi) is 6.43. The fourth-order valence-corrected chi connectivity index (χ4v) is 0.610. The number of aliphatic hydroxyl groups excluding tert-OH is 1. The predicted molar refractivity (Wildman–Crippen MR) is 43.6 cm³/mol. The summed E-state index contributed by atoms with van der Waals surface area (Å²) in [5.41, 5.74) is 0. The van der Waals surface area contributed by atoms with Crippen LogP contribution in [-0.4, -0.2) is 43.6 Å². The minimum Gasteiger partial charge on any atom is -0.461 e. The fraction of sp³-hybridized carbons (Fsp3) is 0.857. The van der Waals surface area contributed by atoms with Gasteiger partial charge in [0.1, 0.15) is 6.61 Å². The molecule has 0 fully saturated rings. The zero-order valence-corrected chi connectivity index (χ0v) is 7.73. The van der Waals surface area contributed by atoms with E-state index in [2.05, 4.69) is 14.3 Å². The molecule has 78 valence electrons. The molecule has 0 radical (unpaired) electrons. The monoisotopic (exact) mass is 193 g/mol. The smallest absolute Gasteiger partial charge is 0.339 e. The molecule has 13 heavy (non-hydrogen) atoms. The number of methoxy groups -OCH3 is 1. The molecule has 0 aromatic heterocycles. The first-order chi connectivity index (χ1) is 6.11. The van der Waals surface area contributed by atoms with E-state index in [9.17, 15) is 4.79 Å². The molecule has 0 bridgehead atoms. The summed E-state index contributed by atoms with van der Waals surface area (Å²) < 4.78 is 9.29. The number of carbonyl (C=O) groups excluding carboxylic acids is 1. The fourth-order valence-electron chi connectivity index (χ4n) is 0.610. The Labute approximate surface area is 76.5 Å². The Morgan fingerprint density at radius 2 is 2.15 bits per heavy atom. The van der Waals surface area contributed by atoms with Crippen molar-refractivity contribution in [1.82, 2.24) is 0 Å². The molecular formula is C7H15NO5. The van der Waals surface area contributed by atoms with Crippen molar-refractivity contribution in [3.05, 3.63) is 0 Å². The molecule has 0 unspecified atom stereocenters. The second-order valence-corrected chi connectivity index (χ2v) is 2.56. The molecule has 6 heteroatoms. The van der Waals surface area contributed by atoms with Crippen LogP contribution in [0.1, 0.15) is 6.92 Å². The van der Waals surface area contributed by atoms with Crippen LogP contribution in [0.15, 0.2) is 0 Å². The van der Waals surface area contributed by atoms with Crippen molar-refractivity contribution in [2.75, 3.05) is 20.3 Å². The SMILES string of the molecule is COC[C@H](ON)C(=O)OC[C@H](C)O. The van der Waals surface area contributed by atoms with E-state index in [1.165, 1.54) is 14.0 Å². The first-order valence-electron chi connectivity index (χ1n) is 3.81. The van der Waals surface area contributed by atoms with Gasteiger partial charge in [-0.15, -0.1) is 0 Å². The highest BCUT2D eigenvalue weighted by molar-refractivity contribution is 5.74. The van der Waals surface area contributed by atoms with Gasteiger partial charge in [0.05, 0.1) is 12.7 Å². The Balaban J connectivity index is 3.77. The Morgan fingerprint density at radius 3 is 2.54 bits per heavy atom. The van der Waals surface area contributed by atoms with Crippen LogP contribution in [0.4, 0.5) is 0 Å². The van der Waals surface area contributed by atoms with Gasteiger partial charge in [-0.05, 0) is 6.92 Å². The van der Waals surface area contributed by atoms with E-state index in [0.717, 1.165) is 0 Å². The van der Waals surface area contributed by atoms with Crippen LogP contribution in [0.5, 0.6) is 0 Å². The summed E-state index contributed by atoms with van der Waals surface area (Å²) in [5, 5.41) is 8.81. The van der Waals surface area contributed by atoms with Crippen LogP contribution < -0.4 is 5.90 Å². The van der Waals surface area contributed by atoms with Gasteiger partial charge in [0.15, 0.2) is 6.10 Å². The van der Waals surface area contributed by atoms with E-state index in [4.69, 9.17) is 11.0 Å². The van der Waals surface area contributed by atoms with Crippen LogP contribution in [0.3, 0.4) is 0 Å². The van der Waals surface area contributed by atoms with Crippen molar-refractivity contribution in [3.63, 3.8) is 0 Å². The van der Waals surface area contributed by atoms with Crippen LogP contribution in [-0.2, 0) is 19.1 Å². The Hall–Kier alpha value is -0.690. The second kappa shape index (κ2) is 6.79. The molecule has 0 aromatic rings. The van der Waals surface area contributed by atoms with Crippen LogP contribution in [0, 0.1) is 0 Å². The van der Waals surface area contributed by atoms with Crippen LogP contribution in [0.2, 0.25) is 0 Å². The van der Waals surface area contributed by atoms with E-state index in [1.54, 1.807) is 0 Å². The van der Waals surface area contributed by atoms with Crippen LogP contribution >= 0.6 is 0 Å².